The Bertz CT molecular complexity index is 766. The van der Waals surface area contributed by atoms with Gasteiger partial charge in [0.1, 0.15) is 0 Å². The predicted molar refractivity (Wildman–Crippen MR) is 126 cm³/mol. The molecule has 3 aromatic rings. The Hall–Kier alpha value is 0.0231. The van der Waals surface area contributed by atoms with Gasteiger partial charge in [0.05, 0.1) is 0 Å². The van der Waals surface area contributed by atoms with Crippen molar-refractivity contribution in [3.63, 3.8) is 0 Å². The van der Waals surface area contributed by atoms with Crippen LogP contribution in [0.4, 0.5) is 0 Å². The van der Waals surface area contributed by atoms with Gasteiger partial charge in [0, 0.05) is 0 Å². The van der Waals surface area contributed by atoms with Gasteiger partial charge in [0.15, 0.2) is 0 Å². The van der Waals surface area contributed by atoms with Gasteiger partial charge >= 0.3 is 43.0 Å². The number of hydrogen-bond acceptors (Lipinski definition) is 0. The molecule has 0 radical (unpaired) electrons. The first-order chi connectivity index (χ1) is 12.8. The van der Waals surface area contributed by atoms with Crippen molar-refractivity contribution in [3.05, 3.63) is 69.8 Å². The summed E-state index contributed by atoms with van der Waals surface area (Å²) in [4.78, 5) is 0. The van der Waals surface area contributed by atoms with Crippen LogP contribution in [0.5, 0.6) is 0 Å². The van der Waals surface area contributed by atoms with E-state index in [2.05, 4.69) is 109 Å². The van der Waals surface area contributed by atoms with E-state index < -0.39 is 0 Å². The van der Waals surface area contributed by atoms with E-state index in [-0.39, 0.29) is 18.5 Å². The van der Waals surface area contributed by atoms with Gasteiger partial charge in [-0.15, -0.1) is 40.6 Å². The Morgan fingerprint density at radius 1 is 1.00 bits per heavy atom. The number of benzene rings is 1. The Labute approximate surface area is 189 Å². The molecule has 3 aromatic carbocycles. The first kappa shape index (κ1) is 25.1. The topological polar surface area (TPSA) is 0 Å². The fraction of sp³-hybridized carbons (Fsp3) is 0.417. The van der Waals surface area contributed by atoms with E-state index >= 15 is 0 Å². The quantitative estimate of drug-likeness (QED) is 0.276. The zero-order valence-corrected chi connectivity index (χ0v) is 23.3. The molecule has 0 saturated heterocycles. The van der Waals surface area contributed by atoms with Crippen LogP contribution in [-0.4, -0.2) is 0 Å². The molecular weight excluding hydrogens is 539 g/mol. The van der Waals surface area contributed by atoms with Crippen molar-refractivity contribution in [1.82, 2.24) is 0 Å². The second kappa shape index (κ2) is 12.6. The van der Waals surface area contributed by atoms with Crippen molar-refractivity contribution in [3.8, 4) is 0 Å². The Balaban J connectivity index is 0.000000239. The van der Waals surface area contributed by atoms with Crippen molar-refractivity contribution >= 4 is 35.2 Å². The summed E-state index contributed by atoms with van der Waals surface area (Å²) < 4.78 is 0. The molecule has 0 N–H and O–H groups in total. The van der Waals surface area contributed by atoms with Crippen LogP contribution in [0, 0.1) is 33.6 Å². The minimum atomic E-state index is -0.145. The van der Waals surface area contributed by atoms with Crippen LogP contribution in [0.3, 0.4) is 0 Å². The van der Waals surface area contributed by atoms with Crippen LogP contribution < -0.4 is 0 Å². The minimum absolute atomic E-state index is 0.145. The molecule has 0 nitrogen and oxygen atoms in total. The maximum absolute atomic E-state index is 3.23. The van der Waals surface area contributed by atoms with Gasteiger partial charge in [-0.05, 0) is 12.3 Å². The molecular formula is C24H32Br2Zr. The summed E-state index contributed by atoms with van der Waals surface area (Å²) in [5, 5.41) is 2.75. The van der Waals surface area contributed by atoms with E-state index in [4.69, 9.17) is 0 Å². The SMILES string of the molecule is CC(C)Cc1cc2ccccc2[cH-]1.CC[c-]1c(C)c(C)c(C)c1C.[Br][Zr+2][Br]. The van der Waals surface area contributed by atoms with Crippen LogP contribution in [0.15, 0.2) is 36.4 Å². The average molecular weight is 572 g/mol. The number of rotatable bonds is 3. The Morgan fingerprint density at radius 3 is 1.93 bits per heavy atom. The monoisotopic (exact) mass is 568 g/mol. The summed E-state index contributed by atoms with van der Waals surface area (Å²) in [7, 11) is 0. The van der Waals surface area contributed by atoms with Gasteiger partial charge in [0.2, 0.25) is 0 Å². The van der Waals surface area contributed by atoms with E-state index in [1.807, 2.05) is 0 Å². The summed E-state index contributed by atoms with van der Waals surface area (Å²) in [6.07, 6.45) is 2.36. The molecule has 0 amide bonds. The zero-order chi connectivity index (χ0) is 20.6. The van der Waals surface area contributed by atoms with E-state index in [9.17, 15) is 0 Å². The van der Waals surface area contributed by atoms with Crippen molar-refractivity contribution in [2.45, 2.75) is 61.3 Å². The number of fused-ring (bicyclic) bond motifs is 1. The van der Waals surface area contributed by atoms with Crippen LogP contribution in [0.25, 0.3) is 10.8 Å². The van der Waals surface area contributed by atoms with Crippen molar-refractivity contribution in [1.29, 1.82) is 0 Å². The fourth-order valence-electron chi connectivity index (χ4n) is 3.63. The van der Waals surface area contributed by atoms with Crippen LogP contribution in [0.2, 0.25) is 0 Å². The molecule has 3 heteroatoms. The fourth-order valence-corrected chi connectivity index (χ4v) is 3.63. The molecule has 0 atom stereocenters. The summed E-state index contributed by atoms with van der Waals surface area (Å²) in [5.41, 5.74) is 9.00. The van der Waals surface area contributed by atoms with Crippen molar-refractivity contribution < 1.29 is 18.5 Å². The molecule has 0 heterocycles. The van der Waals surface area contributed by atoms with E-state index in [0.29, 0.717) is 0 Å². The summed E-state index contributed by atoms with van der Waals surface area (Å²) >= 11 is 6.32. The standard InChI is InChI=1S/C13H15.C11H17.2BrH.Zr/c1-10(2)7-11-8-12-5-3-4-6-13(12)9-11;1-6-11-9(4)7(2)8(3)10(11)5;;;/h3-6,8-10H,7H2,1-2H3;6H2,1-5H3;2*1H;/q2*-1;;;+4/p-2. The second-order valence-electron chi connectivity index (χ2n) is 7.49. The van der Waals surface area contributed by atoms with E-state index in [1.54, 1.807) is 5.56 Å². The molecule has 0 saturated carbocycles. The van der Waals surface area contributed by atoms with E-state index in [0.717, 1.165) is 5.92 Å². The van der Waals surface area contributed by atoms with Gasteiger partial charge in [-0.3, -0.25) is 0 Å². The molecule has 3 rings (SSSR count). The predicted octanol–water partition coefficient (Wildman–Crippen LogP) is 8.65. The van der Waals surface area contributed by atoms with Gasteiger partial charge in [-0.25, -0.2) is 0 Å². The summed E-state index contributed by atoms with van der Waals surface area (Å²) in [5.74, 6) is 0.747. The Kier molecular flexibility index (Phi) is 11.7. The summed E-state index contributed by atoms with van der Waals surface area (Å²) in [6, 6.07) is 13.2. The van der Waals surface area contributed by atoms with Crippen LogP contribution >= 0.6 is 24.4 Å². The zero-order valence-electron chi connectivity index (χ0n) is 17.7. The van der Waals surface area contributed by atoms with Gasteiger partial charge in [0.25, 0.3) is 0 Å². The molecule has 146 valence electrons. The molecule has 0 spiro atoms. The molecule has 0 unspecified atom stereocenters. The van der Waals surface area contributed by atoms with Crippen LogP contribution in [-0.2, 0) is 31.4 Å². The van der Waals surface area contributed by atoms with E-state index in [1.165, 1.54) is 51.4 Å². The molecule has 0 aromatic heterocycles. The Morgan fingerprint density at radius 2 is 1.52 bits per heavy atom. The molecule has 0 fully saturated rings. The number of hydrogen-bond donors (Lipinski definition) is 0. The molecule has 27 heavy (non-hydrogen) atoms. The maximum atomic E-state index is 3.23. The molecule has 0 aliphatic carbocycles. The third-order valence-corrected chi connectivity index (χ3v) is 5.27. The van der Waals surface area contributed by atoms with Gasteiger partial charge < -0.3 is 0 Å². The first-order valence-corrected chi connectivity index (χ1v) is 20.8. The van der Waals surface area contributed by atoms with Gasteiger partial charge in [-0.1, -0.05) is 61.0 Å². The number of halogens is 2. The average Bonchev–Trinajstić information content (AvgIpc) is 3.10. The third-order valence-electron chi connectivity index (χ3n) is 5.27. The summed E-state index contributed by atoms with van der Waals surface area (Å²) in [6.45, 7) is 15.7. The second-order valence-corrected chi connectivity index (χ2v) is 18.8. The third kappa shape index (κ3) is 7.41. The van der Waals surface area contributed by atoms with Crippen molar-refractivity contribution in [2.24, 2.45) is 5.92 Å². The van der Waals surface area contributed by atoms with Gasteiger partial charge in [-0.2, -0.15) is 33.9 Å². The first-order valence-electron chi connectivity index (χ1n) is 9.59. The van der Waals surface area contributed by atoms with Crippen molar-refractivity contribution in [2.75, 3.05) is 0 Å². The molecule has 0 bridgehead atoms. The van der Waals surface area contributed by atoms with Crippen LogP contribution in [0.1, 0.15) is 54.2 Å². The molecule has 0 aliphatic heterocycles. The normalized spacial score (nSPS) is 10.1. The molecule has 0 aliphatic rings.